The second-order valence-corrected chi connectivity index (χ2v) is 4.65. The number of hydrogen-bond acceptors (Lipinski definition) is 6. The quantitative estimate of drug-likeness (QED) is 0.497. The van der Waals surface area contributed by atoms with Crippen LogP contribution in [0.15, 0.2) is 0 Å². The normalized spacial score (nSPS) is 16.6. The fourth-order valence-corrected chi connectivity index (χ4v) is 1.92. The molecule has 0 saturated carbocycles. The third-order valence-corrected chi connectivity index (χ3v) is 3.04. The zero-order valence-corrected chi connectivity index (χ0v) is 12.6. The van der Waals surface area contributed by atoms with Crippen LogP contribution in [0.5, 0.6) is 0 Å². The molecule has 0 aromatic rings. The van der Waals surface area contributed by atoms with Crippen LogP contribution in [-0.4, -0.2) is 79.2 Å². The molecular weight excluding hydrogens is 262 g/mol. The van der Waals surface area contributed by atoms with Gasteiger partial charge in [0.1, 0.15) is 0 Å². The van der Waals surface area contributed by atoms with Gasteiger partial charge in [0.05, 0.1) is 59.0 Å². The Labute approximate surface area is 122 Å². The number of piperidine rings is 1. The van der Waals surface area contributed by atoms with Gasteiger partial charge in [-0.2, -0.15) is 0 Å². The highest BCUT2D eigenvalue weighted by atomic mass is 16.6. The molecule has 20 heavy (non-hydrogen) atoms. The van der Waals surface area contributed by atoms with E-state index in [-0.39, 0.29) is 0 Å². The molecule has 0 atom stereocenters. The fourth-order valence-electron chi connectivity index (χ4n) is 1.92. The minimum Gasteiger partial charge on any atom is -0.382 e. The van der Waals surface area contributed by atoms with E-state index in [1.807, 2.05) is 0 Å². The van der Waals surface area contributed by atoms with Gasteiger partial charge < -0.3 is 29.0 Å². The van der Waals surface area contributed by atoms with Crippen LogP contribution in [0.25, 0.3) is 0 Å². The summed E-state index contributed by atoms with van der Waals surface area (Å²) in [6, 6.07) is 0. The highest BCUT2D eigenvalue weighted by Crippen LogP contribution is 2.06. The minimum atomic E-state index is 0.403. The number of methoxy groups -OCH3 is 1. The van der Waals surface area contributed by atoms with Gasteiger partial charge in [-0.25, -0.2) is 0 Å². The Bertz CT molecular complexity index is 200. The van der Waals surface area contributed by atoms with E-state index in [4.69, 9.17) is 23.7 Å². The molecule has 0 amide bonds. The van der Waals surface area contributed by atoms with Gasteiger partial charge in [-0.15, -0.1) is 0 Å². The van der Waals surface area contributed by atoms with Crippen LogP contribution >= 0.6 is 0 Å². The van der Waals surface area contributed by atoms with Gasteiger partial charge in [0.2, 0.25) is 0 Å². The molecule has 1 fully saturated rings. The van der Waals surface area contributed by atoms with Crippen LogP contribution in [0.4, 0.5) is 0 Å². The molecule has 6 nitrogen and oxygen atoms in total. The van der Waals surface area contributed by atoms with Crippen molar-refractivity contribution in [1.29, 1.82) is 0 Å². The Morgan fingerprint density at radius 2 is 1.25 bits per heavy atom. The van der Waals surface area contributed by atoms with Crippen molar-refractivity contribution in [2.75, 3.05) is 73.1 Å². The number of rotatable bonds is 13. The van der Waals surface area contributed by atoms with E-state index in [2.05, 4.69) is 5.32 Å². The van der Waals surface area contributed by atoms with Crippen molar-refractivity contribution in [3.05, 3.63) is 0 Å². The van der Waals surface area contributed by atoms with Crippen LogP contribution in [0.2, 0.25) is 0 Å². The molecule has 0 spiro atoms. The van der Waals surface area contributed by atoms with Gasteiger partial charge >= 0.3 is 0 Å². The third kappa shape index (κ3) is 10.5. The highest BCUT2D eigenvalue weighted by molar-refractivity contribution is 4.67. The zero-order chi connectivity index (χ0) is 14.3. The maximum absolute atomic E-state index is 5.73. The maximum atomic E-state index is 5.73. The maximum Gasteiger partial charge on any atom is 0.0704 e. The molecule has 1 saturated heterocycles. The van der Waals surface area contributed by atoms with Crippen molar-refractivity contribution < 1.29 is 23.7 Å². The largest absolute Gasteiger partial charge is 0.382 e. The van der Waals surface area contributed by atoms with Gasteiger partial charge in [0, 0.05) is 7.11 Å². The van der Waals surface area contributed by atoms with Crippen LogP contribution in [0.3, 0.4) is 0 Å². The molecule has 0 unspecified atom stereocenters. The van der Waals surface area contributed by atoms with Gasteiger partial charge in [0.25, 0.3) is 0 Å². The first kappa shape index (κ1) is 17.8. The lowest BCUT2D eigenvalue weighted by Gasteiger charge is -2.22. The van der Waals surface area contributed by atoms with Gasteiger partial charge in [-0.3, -0.25) is 0 Å². The molecule has 1 aliphatic rings. The lowest BCUT2D eigenvalue weighted by Crippen LogP contribution is -2.33. The first-order chi connectivity index (χ1) is 9.93. The second kappa shape index (κ2) is 13.7. The van der Waals surface area contributed by atoms with Crippen molar-refractivity contribution >= 4 is 0 Å². The van der Waals surface area contributed by atoms with E-state index in [1.165, 1.54) is 0 Å². The first-order valence-electron chi connectivity index (χ1n) is 7.48. The summed E-state index contributed by atoms with van der Waals surface area (Å²) in [7, 11) is 1.66. The van der Waals surface area contributed by atoms with Crippen LogP contribution in [0, 0.1) is 0 Å². The molecule has 6 heteroatoms. The third-order valence-electron chi connectivity index (χ3n) is 3.04. The van der Waals surface area contributed by atoms with Gasteiger partial charge in [-0.1, -0.05) is 0 Å². The second-order valence-electron chi connectivity index (χ2n) is 4.65. The van der Waals surface area contributed by atoms with Gasteiger partial charge in [-0.05, 0) is 25.9 Å². The number of hydrogen-bond donors (Lipinski definition) is 1. The van der Waals surface area contributed by atoms with E-state index < -0.39 is 0 Å². The van der Waals surface area contributed by atoms with E-state index in [0.29, 0.717) is 59.0 Å². The summed E-state index contributed by atoms with van der Waals surface area (Å²) in [4.78, 5) is 0. The predicted molar refractivity (Wildman–Crippen MR) is 76.2 cm³/mol. The van der Waals surface area contributed by atoms with Crippen molar-refractivity contribution in [2.24, 2.45) is 0 Å². The number of ether oxygens (including phenoxy) is 5. The Hall–Kier alpha value is -0.240. The molecular formula is C14H29NO5. The topological polar surface area (TPSA) is 58.2 Å². The first-order valence-corrected chi connectivity index (χ1v) is 7.48. The summed E-state index contributed by atoms with van der Waals surface area (Å²) >= 11 is 0. The van der Waals surface area contributed by atoms with Gasteiger partial charge in [0.15, 0.2) is 0 Å². The molecule has 0 aromatic heterocycles. The monoisotopic (exact) mass is 291 g/mol. The van der Waals surface area contributed by atoms with Crippen molar-refractivity contribution in [3.8, 4) is 0 Å². The molecule has 0 aliphatic carbocycles. The van der Waals surface area contributed by atoms with Crippen LogP contribution in [-0.2, 0) is 23.7 Å². The molecule has 1 rings (SSSR count). The SMILES string of the molecule is COCCOCCOCCOCCOC1CCNCC1. The lowest BCUT2D eigenvalue weighted by atomic mass is 10.1. The Kier molecular flexibility index (Phi) is 12.2. The van der Waals surface area contributed by atoms with Crippen molar-refractivity contribution in [3.63, 3.8) is 0 Å². The Morgan fingerprint density at radius 3 is 1.80 bits per heavy atom. The van der Waals surface area contributed by atoms with E-state index in [1.54, 1.807) is 7.11 Å². The standard InChI is InChI=1S/C14H29NO5/c1-16-6-7-17-8-9-18-10-11-19-12-13-20-14-2-4-15-5-3-14/h14-15H,2-13H2,1H3. The molecule has 1 aliphatic heterocycles. The average Bonchev–Trinajstić information content (AvgIpc) is 2.49. The molecule has 0 bridgehead atoms. The molecule has 1 heterocycles. The summed E-state index contributed by atoms with van der Waals surface area (Å²) < 4.78 is 26.7. The lowest BCUT2D eigenvalue weighted by molar-refractivity contribution is -0.0269. The molecule has 0 aromatic carbocycles. The predicted octanol–water partition coefficient (Wildman–Crippen LogP) is 0.451. The summed E-state index contributed by atoms with van der Waals surface area (Å²) in [6.45, 7) is 7.07. The molecule has 120 valence electrons. The molecule has 0 radical (unpaired) electrons. The van der Waals surface area contributed by atoms with E-state index >= 15 is 0 Å². The van der Waals surface area contributed by atoms with Crippen LogP contribution < -0.4 is 5.32 Å². The summed E-state index contributed by atoms with van der Waals surface area (Å²) in [5.41, 5.74) is 0. The van der Waals surface area contributed by atoms with Crippen molar-refractivity contribution in [2.45, 2.75) is 18.9 Å². The summed E-state index contributed by atoms with van der Waals surface area (Å²) in [5, 5.41) is 3.32. The smallest absolute Gasteiger partial charge is 0.0704 e. The summed E-state index contributed by atoms with van der Waals surface area (Å²) in [5.74, 6) is 0. The minimum absolute atomic E-state index is 0.403. The molecule has 1 N–H and O–H groups in total. The Morgan fingerprint density at radius 1 is 0.750 bits per heavy atom. The van der Waals surface area contributed by atoms with Crippen LogP contribution in [0.1, 0.15) is 12.8 Å². The number of nitrogens with one attached hydrogen (secondary N) is 1. The Balaban J connectivity index is 1.70. The highest BCUT2D eigenvalue weighted by Gasteiger charge is 2.12. The van der Waals surface area contributed by atoms with E-state index in [0.717, 1.165) is 25.9 Å². The fraction of sp³-hybridized carbons (Fsp3) is 1.00. The van der Waals surface area contributed by atoms with Crippen molar-refractivity contribution in [1.82, 2.24) is 5.32 Å². The van der Waals surface area contributed by atoms with E-state index in [9.17, 15) is 0 Å². The summed E-state index contributed by atoms with van der Waals surface area (Å²) in [6.07, 6.45) is 2.61. The average molecular weight is 291 g/mol. The zero-order valence-electron chi connectivity index (χ0n) is 12.6.